The molecule has 0 aliphatic heterocycles. The topological polar surface area (TPSA) is 71.4 Å². The standard InChI is InChI=1S/C23H19F3O4S/c1-31(29,30)18-9-6-15(7-10-18)12-22(28)16-8-11-19(17(13-16)14-27)20-4-2-3-5-21(20)23(24,25)26/h2-11,13,27H,12,14H2,1H3. The number of Topliss-reactive ketones (excluding diaryl/α,β-unsaturated/α-hetero) is 1. The van der Waals surface area contributed by atoms with Crippen LogP contribution in [0.5, 0.6) is 0 Å². The molecule has 0 atom stereocenters. The fraction of sp³-hybridized carbons (Fsp3) is 0.174. The molecule has 0 saturated heterocycles. The number of rotatable bonds is 6. The summed E-state index contributed by atoms with van der Waals surface area (Å²) >= 11 is 0. The number of aliphatic hydroxyl groups excluding tert-OH is 1. The maximum atomic E-state index is 13.4. The first-order valence-corrected chi connectivity index (χ1v) is 11.1. The first-order chi connectivity index (χ1) is 14.5. The monoisotopic (exact) mass is 448 g/mol. The molecule has 3 aromatic rings. The summed E-state index contributed by atoms with van der Waals surface area (Å²) in [6, 6.07) is 15.2. The Morgan fingerprint density at radius 3 is 2.16 bits per heavy atom. The van der Waals surface area contributed by atoms with Crippen LogP contribution in [0.4, 0.5) is 13.2 Å². The molecule has 4 nitrogen and oxygen atoms in total. The summed E-state index contributed by atoms with van der Waals surface area (Å²) in [6.45, 7) is -0.536. The van der Waals surface area contributed by atoms with Crippen LogP contribution in [0.2, 0.25) is 0 Å². The smallest absolute Gasteiger partial charge is 0.392 e. The minimum absolute atomic E-state index is 0.0204. The van der Waals surface area contributed by atoms with Crippen molar-refractivity contribution >= 4 is 15.6 Å². The van der Waals surface area contributed by atoms with Crippen LogP contribution in [-0.4, -0.2) is 25.6 Å². The molecule has 8 heteroatoms. The molecule has 3 rings (SSSR count). The summed E-state index contributed by atoms with van der Waals surface area (Å²) in [4.78, 5) is 12.8. The van der Waals surface area contributed by atoms with Crippen molar-refractivity contribution in [2.75, 3.05) is 6.26 Å². The van der Waals surface area contributed by atoms with Gasteiger partial charge in [-0.05, 0) is 46.5 Å². The quantitative estimate of drug-likeness (QED) is 0.555. The third-order valence-electron chi connectivity index (χ3n) is 4.84. The first-order valence-electron chi connectivity index (χ1n) is 9.23. The van der Waals surface area contributed by atoms with E-state index in [9.17, 15) is 31.5 Å². The van der Waals surface area contributed by atoms with Crippen molar-refractivity contribution < 1.29 is 31.5 Å². The SMILES string of the molecule is CS(=O)(=O)c1ccc(CC(=O)c2ccc(-c3ccccc3C(F)(F)F)c(CO)c2)cc1. The van der Waals surface area contributed by atoms with E-state index in [1.165, 1.54) is 60.7 Å². The van der Waals surface area contributed by atoms with Gasteiger partial charge in [0.2, 0.25) is 0 Å². The third-order valence-corrected chi connectivity index (χ3v) is 5.96. The summed E-state index contributed by atoms with van der Waals surface area (Å²) < 4.78 is 63.2. The highest BCUT2D eigenvalue weighted by molar-refractivity contribution is 7.90. The number of sulfone groups is 1. The second-order valence-electron chi connectivity index (χ2n) is 7.09. The highest BCUT2D eigenvalue weighted by Gasteiger charge is 2.33. The van der Waals surface area contributed by atoms with Crippen LogP contribution in [-0.2, 0) is 29.0 Å². The van der Waals surface area contributed by atoms with E-state index in [2.05, 4.69) is 0 Å². The lowest BCUT2D eigenvalue weighted by Crippen LogP contribution is -2.09. The lowest BCUT2D eigenvalue weighted by molar-refractivity contribution is -0.137. The molecular formula is C23H19F3O4S. The normalized spacial score (nSPS) is 12.0. The second-order valence-corrected chi connectivity index (χ2v) is 9.11. The maximum absolute atomic E-state index is 13.4. The van der Waals surface area contributed by atoms with Crippen LogP contribution in [0.15, 0.2) is 71.6 Å². The number of carbonyl (C=O) groups is 1. The predicted octanol–water partition coefficient (Wildman–Crippen LogP) is 4.69. The van der Waals surface area contributed by atoms with Gasteiger partial charge in [-0.25, -0.2) is 8.42 Å². The molecule has 0 heterocycles. The molecule has 1 N–H and O–H groups in total. The zero-order valence-electron chi connectivity index (χ0n) is 16.5. The molecule has 0 bridgehead atoms. The van der Waals surface area contributed by atoms with E-state index in [4.69, 9.17) is 0 Å². The van der Waals surface area contributed by atoms with Crippen molar-refractivity contribution in [1.82, 2.24) is 0 Å². The van der Waals surface area contributed by atoms with Crippen molar-refractivity contribution in [3.8, 4) is 11.1 Å². The molecule has 0 aromatic heterocycles. The zero-order chi connectivity index (χ0) is 22.8. The van der Waals surface area contributed by atoms with E-state index >= 15 is 0 Å². The number of halogens is 3. The number of carbonyl (C=O) groups excluding carboxylic acids is 1. The number of benzene rings is 3. The number of hydrogen-bond donors (Lipinski definition) is 1. The molecule has 0 aliphatic carbocycles. The van der Waals surface area contributed by atoms with Gasteiger partial charge in [-0.3, -0.25) is 4.79 Å². The Hall–Kier alpha value is -2.97. The lowest BCUT2D eigenvalue weighted by atomic mass is 9.92. The highest BCUT2D eigenvalue weighted by atomic mass is 32.2. The molecule has 0 radical (unpaired) electrons. The van der Waals surface area contributed by atoms with E-state index < -0.39 is 28.2 Å². The largest absolute Gasteiger partial charge is 0.417 e. The Morgan fingerprint density at radius 2 is 1.58 bits per heavy atom. The van der Waals surface area contributed by atoms with E-state index in [1.54, 1.807) is 0 Å². The van der Waals surface area contributed by atoms with Gasteiger partial charge in [-0.1, -0.05) is 42.5 Å². The number of alkyl halides is 3. The van der Waals surface area contributed by atoms with Crippen molar-refractivity contribution in [2.24, 2.45) is 0 Å². The van der Waals surface area contributed by atoms with E-state index in [0.29, 0.717) is 5.56 Å². The fourth-order valence-electron chi connectivity index (χ4n) is 3.27. The van der Waals surface area contributed by atoms with E-state index in [-0.39, 0.29) is 39.4 Å². The summed E-state index contributed by atoms with van der Waals surface area (Å²) in [7, 11) is -3.35. The molecule has 162 valence electrons. The lowest BCUT2D eigenvalue weighted by Gasteiger charge is -2.16. The van der Waals surface area contributed by atoms with Crippen LogP contribution >= 0.6 is 0 Å². The molecule has 0 fully saturated rings. The van der Waals surface area contributed by atoms with Crippen molar-refractivity contribution in [3.63, 3.8) is 0 Å². The van der Waals surface area contributed by atoms with Crippen LogP contribution in [0.25, 0.3) is 11.1 Å². The molecule has 0 amide bonds. The van der Waals surface area contributed by atoms with Crippen molar-refractivity contribution in [2.45, 2.75) is 24.1 Å². The van der Waals surface area contributed by atoms with Gasteiger partial charge in [0.15, 0.2) is 15.6 Å². The number of ketones is 1. The van der Waals surface area contributed by atoms with Gasteiger partial charge in [0, 0.05) is 18.2 Å². The predicted molar refractivity (Wildman–Crippen MR) is 110 cm³/mol. The Labute approximate surface area is 177 Å². The van der Waals surface area contributed by atoms with E-state index in [1.807, 2.05) is 0 Å². The number of hydrogen-bond acceptors (Lipinski definition) is 4. The summed E-state index contributed by atoms with van der Waals surface area (Å²) in [5, 5.41) is 9.73. The highest BCUT2D eigenvalue weighted by Crippen LogP contribution is 2.38. The fourth-order valence-corrected chi connectivity index (χ4v) is 3.90. The van der Waals surface area contributed by atoms with Crippen LogP contribution in [0, 0.1) is 0 Å². The Balaban J connectivity index is 1.91. The summed E-state index contributed by atoms with van der Waals surface area (Å²) in [5.74, 6) is -0.308. The molecule has 31 heavy (non-hydrogen) atoms. The molecule has 0 spiro atoms. The molecular weight excluding hydrogens is 429 g/mol. The maximum Gasteiger partial charge on any atom is 0.417 e. The zero-order valence-corrected chi connectivity index (χ0v) is 17.3. The van der Waals surface area contributed by atoms with E-state index in [0.717, 1.165) is 12.3 Å². The van der Waals surface area contributed by atoms with Gasteiger partial charge in [-0.15, -0.1) is 0 Å². The second kappa shape index (κ2) is 8.64. The average molecular weight is 448 g/mol. The van der Waals surface area contributed by atoms with Crippen LogP contribution in [0.1, 0.15) is 27.0 Å². The molecule has 0 saturated carbocycles. The molecule has 0 aliphatic rings. The molecule has 0 unspecified atom stereocenters. The van der Waals surface area contributed by atoms with Crippen LogP contribution < -0.4 is 0 Å². The minimum atomic E-state index is -4.56. The first kappa shape index (κ1) is 22.7. The summed E-state index contributed by atoms with van der Waals surface area (Å²) in [5.41, 5.74) is 0.336. The number of aliphatic hydroxyl groups is 1. The third kappa shape index (κ3) is 5.21. The van der Waals surface area contributed by atoms with Gasteiger partial charge in [0.25, 0.3) is 0 Å². The van der Waals surface area contributed by atoms with Crippen LogP contribution in [0.3, 0.4) is 0 Å². The Kier molecular flexibility index (Phi) is 6.33. The molecule has 3 aromatic carbocycles. The average Bonchev–Trinajstić information content (AvgIpc) is 2.72. The van der Waals surface area contributed by atoms with Gasteiger partial charge >= 0.3 is 6.18 Å². The van der Waals surface area contributed by atoms with Gasteiger partial charge in [0.05, 0.1) is 17.1 Å². The van der Waals surface area contributed by atoms with Gasteiger partial charge < -0.3 is 5.11 Å². The Bertz CT molecular complexity index is 1210. The Morgan fingerprint density at radius 1 is 0.935 bits per heavy atom. The van der Waals surface area contributed by atoms with Crippen molar-refractivity contribution in [3.05, 3.63) is 89.0 Å². The van der Waals surface area contributed by atoms with Gasteiger partial charge in [-0.2, -0.15) is 13.2 Å². The van der Waals surface area contributed by atoms with Gasteiger partial charge in [0.1, 0.15) is 0 Å². The van der Waals surface area contributed by atoms with Crippen molar-refractivity contribution in [1.29, 1.82) is 0 Å². The summed E-state index contributed by atoms with van der Waals surface area (Å²) in [6.07, 6.45) is -3.49. The minimum Gasteiger partial charge on any atom is -0.392 e.